The van der Waals surface area contributed by atoms with Gasteiger partial charge in [-0.1, -0.05) is 104 Å². The van der Waals surface area contributed by atoms with Crippen LogP contribution in [0.25, 0.3) is 0 Å². The van der Waals surface area contributed by atoms with Crippen LogP contribution in [-0.2, 0) is 34.1 Å². The maximum atomic E-state index is 4.30. The predicted octanol–water partition coefficient (Wildman–Crippen LogP) is 7.61. The van der Waals surface area contributed by atoms with Gasteiger partial charge in [-0.25, -0.2) is 0 Å². The average Bonchev–Trinajstić information content (AvgIpc) is 3.54. The van der Waals surface area contributed by atoms with Gasteiger partial charge in [0.2, 0.25) is 0 Å². The first-order valence-electron chi connectivity index (χ1n) is 10.2. The minimum absolute atomic E-state index is 0. The van der Waals surface area contributed by atoms with E-state index >= 15 is 0 Å². The van der Waals surface area contributed by atoms with Crippen molar-refractivity contribution in [1.29, 1.82) is 0 Å². The summed E-state index contributed by atoms with van der Waals surface area (Å²) in [4.78, 5) is 0. The van der Waals surface area contributed by atoms with E-state index in [2.05, 4.69) is 68.0 Å². The van der Waals surface area contributed by atoms with E-state index in [1.165, 1.54) is 34.3 Å². The van der Waals surface area contributed by atoms with E-state index in [0.717, 1.165) is 12.8 Å². The molecule has 0 bridgehead atoms. The van der Waals surface area contributed by atoms with Crippen molar-refractivity contribution in [1.82, 2.24) is 0 Å². The van der Waals surface area contributed by atoms with Gasteiger partial charge in [0.05, 0.1) is 0 Å². The standard InChI is InChI=1S/C19H18.2C5H5.2Fe/c1-15-18(13-16-7-2-3-8-16)11-6-12-19(15)14-17-9-4-5-10-17;2*1-2-4-5-3-1;;/h2-5,7-10,13-14H,1,6,11-12H2;2*1-5H;;/b18-13+,19-14+;;;;. The predicted molar refractivity (Wildman–Crippen MR) is 127 cm³/mol. The third kappa shape index (κ3) is 9.89. The van der Waals surface area contributed by atoms with E-state index in [4.69, 9.17) is 0 Å². The number of allylic oxidation sites excluding steroid dienone is 21. The van der Waals surface area contributed by atoms with Crippen LogP contribution in [0.3, 0.4) is 0 Å². The Balaban J connectivity index is 0.000000331. The molecule has 0 atom stereocenters. The summed E-state index contributed by atoms with van der Waals surface area (Å²) >= 11 is 0. The second-order valence-electron chi connectivity index (χ2n) is 7.03. The van der Waals surface area contributed by atoms with E-state index in [9.17, 15) is 0 Å². The first kappa shape index (κ1) is 27.2. The molecule has 160 valence electrons. The molecule has 0 aliphatic heterocycles. The van der Waals surface area contributed by atoms with Gasteiger partial charge in [-0.05, 0) is 47.1 Å². The van der Waals surface area contributed by atoms with Crippen molar-refractivity contribution in [2.75, 3.05) is 0 Å². The first-order chi connectivity index (χ1) is 14.3. The smallest absolute Gasteiger partial charge is 0.0125 e. The van der Waals surface area contributed by atoms with E-state index < -0.39 is 0 Å². The molecule has 0 aromatic carbocycles. The molecule has 31 heavy (non-hydrogen) atoms. The zero-order valence-electron chi connectivity index (χ0n) is 17.6. The van der Waals surface area contributed by atoms with Crippen molar-refractivity contribution < 1.29 is 34.1 Å². The largest absolute Gasteiger partial charge is 0.0912 e. The molecule has 1 saturated carbocycles. The van der Waals surface area contributed by atoms with Crippen molar-refractivity contribution >= 4 is 0 Å². The summed E-state index contributed by atoms with van der Waals surface area (Å²) < 4.78 is 0. The van der Waals surface area contributed by atoms with E-state index in [1.54, 1.807) is 0 Å². The molecule has 5 rings (SSSR count). The zero-order chi connectivity index (χ0) is 20.2. The Morgan fingerprint density at radius 3 is 1.58 bits per heavy atom. The van der Waals surface area contributed by atoms with Crippen molar-refractivity contribution in [2.45, 2.75) is 19.3 Å². The summed E-state index contributed by atoms with van der Waals surface area (Å²) in [5, 5.41) is 0. The van der Waals surface area contributed by atoms with Crippen LogP contribution in [0.15, 0.2) is 132 Å². The second kappa shape index (κ2) is 15.9. The molecular formula is C29H28Fe2. The van der Waals surface area contributed by atoms with Crippen molar-refractivity contribution in [3.8, 4) is 0 Å². The zero-order valence-corrected chi connectivity index (χ0v) is 19.8. The third-order valence-electron chi connectivity index (χ3n) is 4.84. The van der Waals surface area contributed by atoms with Gasteiger partial charge in [-0.15, -0.1) is 0 Å². The topological polar surface area (TPSA) is 0 Å². The Kier molecular flexibility index (Phi) is 14.0. The van der Waals surface area contributed by atoms with Gasteiger partial charge in [-0.2, -0.15) is 0 Å². The molecule has 0 nitrogen and oxygen atoms in total. The number of hydrogen-bond acceptors (Lipinski definition) is 0. The van der Waals surface area contributed by atoms with Crippen LogP contribution in [0.5, 0.6) is 0 Å². The van der Waals surface area contributed by atoms with Gasteiger partial charge >= 0.3 is 0 Å². The maximum Gasteiger partial charge on any atom is 0.0125 e. The monoisotopic (exact) mass is 488 g/mol. The molecule has 4 radical (unpaired) electrons. The van der Waals surface area contributed by atoms with Crippen LogP contribution < -0.4 is 0 Å². The summed E-state index contributed by atoms with van der Waals surface area (Å²) in [5.74, 6) is 0. The number of rotatable bonds is 2. The molecule has 0 saturated heterocycles. The summed E-state index contributed by atoms with van der Waals surface area (Å²) in [5.41, 5.74) is 6.55. The van der Waals surface area contributed by atoms with Crippen LogP contribution in [0.2, 0.25) is 0 Å². The molecule has 5 aliphatic rings. The Morgan fingerprint density at radius 1 is 0.581 bits per heavy atom. The molecular weight excluding hydrogens is 460 g/mol. The normalized spacial score (nSPS) is 21.9. The molecule has 0 aromatic rings. The van der Waals surface area contributed by atoms with Crippen LogP contribution in [-0.4, -0.2) is 0 Å². The molecule has 0 amide bonds. The van der Waals surface area contributed by atoms with Gasteiger partial charge in [0, 0.05) is 59.8 Å². The van der Waals surface area contributed by atoms with Gasteiger partial charge < -0.3 is 0 Å². The Morgan fingerprint density at radius 2 is 1.16 bits per heavy atom. The minimum Gasteiger partial charge on any atom is -0.0912 e. The molecule has 5 aliphatic carbocycles. The van der Waals surface area contributed by atoms with Crippen LogP contribution in [0, 0.1) is 25.7 Å². The van der Waals surface area contributed by atoms with Gasteiger partial charge in [0.1, 0.15) is 0 Å². The Hall–Kier alpha value is -1.82. The molecule has 2 heteroatoms. The Bertz CT molecular complexity index is 851. The van der Waals surface area contributed by atoms with E-state index in [-0.39, 0.29) is 34.1 Å². The van der Waals surface area contributed by atoms with Crippen LogP contribution >= 0.6 is 0 Å². The van der Waals surface area contributed by atoms with E-state index in [0.29, 0.717) is 0 Å². The van der Waals surface area contributed by atoms with Crippen LogP contribution in [0.1, 0.15) is 19.3 Å². The summed E-state index contributed by atoms with van der Waals surface area (Å²) in [6.07, 6.45) is 45.0. The molecule has 0 N–H and O–H groups in total. The molecule has 1 fully saturated rings. The van der Waals surface area contributed by atoms with Crippen LogP contribution in [0.4, 0.5) is 0 Å². The second-order valence-corrected chi connectivity index (χ2v) is 7.03. The van der Waals surface area contributed by atoms with Gasteiger partial charge in [-0.3, -0.25) is 0 Å². The van der Waals surface area contributed by atoms with Crippen molar-refractivity contribution in [2.24, 2.45) is 0 Å². The molecule has 0 aromatic heterocycles. The van der Waals surface area contributed by atoms with Crippen molar-refractivity contribution in [3.63, 3.8) is 0 Å². The maximum absolute atomic E-state index is 4.30. The summed E-state index contributed by atoms with van der Waals surface area (Å²) in [6, 6.07) is 0. The fraction of sp³-hybridized carbons (Fsp3) is 0.103. The summed E-state index contributed by atoms with van der Waals surface area (Å²) in [7, 11) is 0. The Labute approximate surface area is 210 Å². The average molecular weight is 488 g/mol. The van der Waals surface area contributed by atoms with Gasteiger partial charge in [0.15, 0.2) is 0 Å². The quantitative estimate of drug-likeness (QED) is 0.351. The first-order valence-corrected chi connectivity index (χ1v) is 10.2. The third-order valence-corrected chi connectivity index (χ3v) is 4.84. The summed E-state index contributed by atoms with van der Waals surface area (Å²) in [6.45, 7) is 4.30. The van der Waals surface area contributed by atoms with Crippen molar-refractivity contribution in [3.05, 3.63) is 157 Å². The fourth-order valence-electron chi connectivity index (χ4n) is 3.31. The fourth-order valence-corrected chi connectivity index (χ4v) is 3.31. The number of hydrogen-bond donors (Lipinski definition) is 0. The molecule has 0 spiro atoms. The van der Waals surface area contributed by atoms with Gasteiger partial charge in [0.25, 0.3) is 0 Å². The van der Waals surface area contributed by atoms with E-state index in [1.807, 2.05) is 61.4 Å². The minimum atomic E-state index is 0. The SMILES string of the molecule is C=C1/C(=C/C2=CC=C[CH]2)CCC/C1=C\C1=C[CH]C=C1.[CH]1C=CC=C1.[CH]1C=CC=C1.[Fe].[Fe]. The molecule has 0 unspecified atom stereocenters. The molecule has 0 heterocycles.